The Bertz CT molecular complexity index is 318. The van der Waals surface area contributed by atoms with E-state index in [9.17, 15) is 0 Å². The van der Waals surface area contributed by atoms with Crippen molar-refractivity contribution in [3.63, 3.8) is 0 Å². The van der Waals surface area contributed by atoms with Crippen molar-refractivity contribution in [1.29, 1.82) is 0 Å². The lowest BCUT2D eigenvalue weighted by Gasteiger charge is -2.17. The number of aromatic nitrogens is 2. The molecule has 1 unspecified atom stereocenters. The van der Waals surface area contributed by atoms with E-state index < -0.39 is 0 Å². The Morgan fingerprint density at radius 3 is 2.81 bits per heavy atom. The Morgan fingerprint density at radius 2 is 2.12 bits per heavy atom. The second-order valence-corrected chi connectivity index (χ2v) is 4.72. The second kappa shape index (κ2) is 5.43. The van der Waals surface area contributed by atoms with Crippen molar-refractivity contribution < 1.29 is 4.52 Å². The first-order valence-corrected chi connectivity index (χ1v) is 6.40. The molecule has 1 aliphatic carbocycles. The molecule has 0 aromatic carbocycles. The Hall–Kier alpha value is -0.900. The van der Waals surface area contributed by atoms with Gasteiger partial charge in [0.2, 0.25) is 5.89 Å². The summed E-state index contributed by atoms with van der Waals surface area (Å²) in [6, 6.07) is -0.0881. The highest BCUT2D eigenvalue weighted by Gasteiger charge is 2.22. The molecule has 1 saturated carbocycles. The zero-order valence-corrected chi connectivity index (χ0v) is 9.98. The van der Waals surface area contributed by atoms with Crippen LogP contribution in [0.4, 0.5) is 0 Å². The van der Waals surface area contributed by atoms with Gasteiger partial charge in [-0.3, -0.25) is 0 Å². The average molecular weight is 223 g/mol. The van der Waals surface area contributed by atoms with Gasteiger partial charge in [-0.1, -0.05) is 37.8 Å². The van der Waals surface area contributed by atoms with Crippen LogP contribution < -0.4 is 5.73 Å². The summed E-state index contributed by atoms with van der Waals surface area (Å²) in [5, 5.41) is 4.08. The fraction of sp³-hybridized carbons (Fsp3) is 0.833. The van der Waals surface area contributed by atoms with E-state index >= 15 is 0 Å². The number of rotatable bonds is 4. The van der Waals surface area contributed by atoms with Crippen LogP contribution in [-0.2, 0) is 0 Å². The molecule has 1 heterocycles. The maximum absolute atomic E-state index is 5.95. The zero-order chi connectivity index (χ0) is 11.4. The molecule has 90 valence electrons. The van der Waals surface area contributed by atoms with E-state index in [-0.39, 0.29) is 6.04 Å². The first kappa shape index (κ1) is 11.6. The van der Waals surface area contributed by atoms with E-state index in [1.54, 1.807) is 0 Å². The van der Waals surface area contributed by atoms with Gasteiger partial charge in [0, 0.05) is 5.92 Å². The minimum absolute atomic E-state index is 0.0881. The molecule has 2 N–H and O–H groups in total. The maximum atomic E-state index is 5.95. The van der Waals surface area contributed by atoms with Crippen LogP contribution in [0.5, 0.6) is 0 Å². The van der Waals surface area contributed by atoms with Crippen molar-refractivity contribution in [3.8, 4) is 0 Å². The molecule has 0 bridgehead atoms. The molecule has 0 spiro atoms. The summed E-state index contributed by atoms with van der Waals surface area (Å²) in [6.45, 7) is 2.11. The van der Waals surface area contributed by atoms with E-state index in [0.717, 1.165) is 18.7 Å². The molecule has 0 radical (unpaired) electrons. The molecule has 1 fully saturated rings. The first-order valence-electron chi connectivity index (χ1n) is 6.40. The van der Waals surface area contributed by atoms with Crippen LogP contribution >= 0.6 is 0 Å². The molecule has 16 heavy (non-hydrogen) atoms. The van der Waals surface area contributed by atoms with Crippen LogP contribution in [0.1, 0.15) is 75.5 Å². The van der Waals surface area contributed by atoms with Gasteiger partial charge in [-0.25, -0.2) is 0 Å². The predicted molar refractivity (Wildman–Crippen MR) is 62.0 cm³/mol. The summed E-state index contributed by atoms with van der Waals surface area (Å²) in [5.41, 5.74) is 5.95. The van der Waals surface area contributed by atoms with Gasteiger partial charge in [0.1, 0.15) is 0 Å². The lowest BCUT2D eigenvalue weighted by molar-refractivity contribution is 0.336. The number of hydrogen-bond acceptors (Lipinski definition) is 4. The molecule has 4 heteroatoms. The van der Waals surface area contributed by atoms with Crippen molar-refractivity contribution in [2.24, 2.45) is 5.73 Å². The van der Waals surface area contributed by atoms with Gasteiger partial charge < -0.3 is 10.3 Å². The van der Waals surface area contributed by atoms with Crippen LogP contribution in [0.2, 0.25) is 0 Å². The van der Waals surface area contributed by atoms with Gasteiger partial charge >= 0.3 is 0 Å². The van der Waals surface area contributed by atoms with E-state index in [1.807, 2.05) is 0 Å². The third-order valence-corrected chi connectivity index (χ3v) is 3.34. The Morgan fingerprint density at radius 1 is 1.38 bits per heavy atom. The Kier molecular flexibility index (Phi) is 3.93. The largest absolute Gasteiger partial charge is 0.338 e. The molecule has 1 aromatic heterocycles. The lowest BCUT2D eigenvalue weighted by Crippen LogP contribution is -2.11. The lowest BCUT2D eigenvalue weighted by atomic mass is 9.89. The third-order valence-electron chi connectivity index (χ3n) is 3.34. The van der Waals surface area contributed by atoms with Crippen LogP contribution in [-0.4, -0.2) is 10.1 Å². The van der Waals surface area contributed by atoms with Crippen LogP contribution in [0, 0.1) is 0 Å². The van der Waals surface area contributed by atoms with Gasteiger partial charge in [-0.15, -0.1) is 0 Å². The van der Waals surface area contributed by atoms with Crippen molar-refractivity contribution >= 4 is 0 Å². The van der Waals surface area contributed by atoms with Crippen molar-refractivity contribution in [1.82, 2.24) is 10.1 Å². The topological polar surface area (TPSA) is 64.9 Å². The van der Waals surface area contributed by atoms with Gasteiger partial charge in [0.15, 0.2) is 5.82 Å². The molecular weight excluding hydrogens is 202 g/mol. The van der Waals surface area contributed by atoms with E-state index in [2.05, 4.69) is 17.1 Å². The SMILES string of the molecule is CCCC(N)c1nc(C2CCCCC2)no1. The zero-order valence-electron chi connectivity index (χ0n) is 9.98. The quantitative estimate of drug-likeness (QED) is 0.852. The number of nitrogens with two attached hydrogens (primary N) is 1. The molecule has 0 aliphatic heterocycles. The highest BCUT2D eigenvalue weighted by atomic mass is 16.5. The highest BCUT2D eigenvalue weighted by Crippen LogP contribution is 2.31. The van der Waals surface area contributed by atoms with Crippen molar-refractivity contribution in [3.05, 3.63) is 11.7 Å². The minimum Gasteiger partial charge on any atom is -0.338 e. The van der Waals surface area contributed by atoms with Gasteiger partial charge in [0.25, 0.3) is 0 Å². The smallest absolute Gasteiger partial charge is 0.243 e. The maximum Gasteiger partial charge on any atom is 0.243 e. The van der Waals surface area contributed by atoms with Gasteiger partial charge in [0.05, 0.1) is 6.04 Å². The van der Waals surface area contributed by atoms with E-state index in [4.69, 9.17) is 10.3 Å². The standard InChI is InChI=1S/C12H21N3O/c1-2-6-10(13)12-14-11(15-16-12)9-7-4-3-5-8-9/h9-10H,2-8,13H2,1H3. The monoisotopic (exact) mass is 223 g/mol. The summed E-state index contributed by atoms with van der Waals surface area (Å²) in [6.07, 6.45) is 8.26. The molecule has 1 aromatic rings. The van der Waals surface area contributed by atoms with E-state index in [1.165, 1.54) is 32.1 Å². The molecule has 2 rings (SSSR count). The van der Waals surface area contributed by atoms with Gasteiger partial charge in [-0.2, -0.15) is 4.98 Å². The average Bonchev–Trinajstić information content (AvgIpc) is 2.80. The first-order chi connectivity index (χ1) is 7.81. The Balaban J connectivity index is 2.00. The normalized spacial score (nSPS) is 19.9. The molecule has 1 atom stereocenters. The van der Waals surface area contributed by atoms with Gasteiger partial charge in [-0.05, 0) is 19.3 Å². The summed E-state index contributed by atoms with van der Waals surface area (Å²) in [7, 11) is 0. The summed E-state index contributed by atoms with van der Waals surface area (Å²) < 4.78 is 5.25. The minimum atomic E-state index is -0.0881. The van der Waals surface area contributed by atoms with Crippen LogP contribution in [0.3, 0.4) is 0 Å². The summed E-state index contributed by atoms with van der Waals surface area (Å²) >= 11 is 0. The van der Waals surface area contributed by atoms with Crippen LogP contribution in [0.25, 0.3) is 0 Å². The number of nitrogens with zero attached hydrogens (tertiary/aromatic N) is 2. The molecule has 0 amide bonds. The summed E-state index contributed by atoms with van der Waals surface area (Å²) in [4.78, 5) is 4.45. The highest BCUT2D eigenvalue weighted by molar-refractivity contribution is 4.99. The fourth-order valence-electron chi connectivity index (χ4n) is 2.36. The Labute approximate surface area is 96.6 Å². The van der Waals surface area contributed by atoms with Crippen molar-refractivity contribution in [2.75, 3.05) is 0 Å². The molecule has 1 aliphatic rings. The molecular formula is C12H21N3O. The predicted octanol–water partition coefficient (Wildman–Crippen LogP) is 2.92. The third kappa shape index (κ3) is 2.61. The second-order valence-electron chi connectivity index (χ2n) is 4.72. The van der Waals surface area contributed by atoms with E-state index in [0.29, 0.717) is 11.8 Å². The van der Waals surface area contributed by atoms with Crippen molar-refractivity contribution in [2.45, 2.75) is 63.8 Å². The summed E-state index contributed by atoms with van der Waals surface area (Å²) in [5.74, 6) is 1.99. The fourth-order valence-corrected chi connectivity index (χ4v) is 2.36. The molecule has 0 saturated heterocycles. The molecule has 4 nitrogen and oxygen atoms in total. The number of hydrogen-bond donors (Lipinski definition) is 1. The van der Waals surface area contributed by atoms with Crippen LogP contribution in [0.15, 0.2) is 4.52 Å².